The number of hydrogen-bond acceptors (Lipinski definition) is 4. The van der Waals surface area contributed by atoms with Crippen LogP contribution in [0.25, 0.3) is 11.0 Å². The normalized spacial score (nSPS) is 11.1. The van der Waals surface area contributed by atoms with Crippen molar-refractivity contribution in [2.24, 2.45) is 0 Å². The first kappa shape index (κ1) is 11.5. The van der Waals surface area contributed by atoms with Crippen molar-refractivity contribution < 1.29 is 14.3 Å². The van der Waals surface area contributed by atoms with E-state index in [1.54, 1.807) is 6.07 Å². The van der Waals surface area contributed by atoms with Crippen molar-refractivity contribution in [1.82, 2.24) is 0 Å². The first-order valence-corrected chi connectivity index (χ1v) is 5.42. The lowest BCUT2D eigenvalue weighted by molar-refractivity contribution is 0.231. The summed E-state index contributed by atoms with van der Waals surface area (Å²) >= 11 is 0. The minimum atomic E-state index is -0.450. The molecule has 0 fully saturated rings. The second-order valence-corrected chi connectivity index (χ2v) is 4.21. The van der Waals surface area contributed by atoms with Crippen molar-refractivity contribution in [3.8, 4) is 11.5 Å². The maximum atomic E-state index is 11.3. The first-order chi connectivity index (χ1) is 7.99. The van der Waals surface area contributed by atoms with E-state index in [-0.39, 0.29) is 17.6 Å². The summed E-state index contributed by atoms with van der Waals surface area (Å²) in [4.78, 5) is 11.3. The Balaban J connectivity index is 2.79. The zero-order chi connectivity index (χ0) is 12.6. The Labute approximate surface area is 98.4 Å². The van der Waals surface area contributed by atoms with Crippen molar-refractivity contribution in [2.45, 2.75) is 26.9 Å². The van der Waals surface area contributed by atoms with Gasteiger partial charge in [0.05, 0.1) is 6.10 Å². The van der Waals surface area contributed by atoms with Crippen LogP contribution < -0.4 is 10.4 Å². The van der Waals surface area contributed by atoms with E-state index in [0.717, 1.165) is 10.9 Å². The molecule has 0 atom stereocenters. The number of phenolic OH excluding ortho intramolecular Hbond substituents is 1. The van der Waals surface area contributed by atoms with Gasteiger partial charge in [-0.3, -0.25) is 0 Å². The SMILES string of the molecule is Cc1cc(=O)oc2c(OC(C)C)c(O)ccc12. The molecule has 0 aliphatic heterocycles. The number of fused-ring (bicyclic) bond motifs is 1. The van der Waals surface area contributed by atoms with Crippen LogP contribution in [0, 0.1) is 6.92 Å². The van der Waals surface area contributed by atoms with Gasteiger partial charge in [0.2, 0.25) is 5.75 Å². The molecule has 17 heavy (non-hydrogen) atoms. The summed E-state index contributed by atoms with van der Waals surface area (Å²) in [6.07, 6.45) is -0.114. The van der Waals surface area contributed by atoms with Gasteiger partial charge in [0.15, 0.2) is 11.3 Å². The Morgan fingerprint density at radius 3 is 2.71 bits per heavy atom. The largest absolute Gasteiger partial charge is 0.504 e. The van der Waals surface area contributed by atoms with Gasteiger partial charge < -0.3 is 14.3 Å². The van der Waals surface area contributed by atoms with Crippen molar-refractivity contribution in [3.05, 3.63) is 34.2 Å². The Bertz CT molecular complexity index is 611. The summed E-state index contributed by atoms with van der Waals surface area (Å²) in [5.41, 5.74) is 0.641. The molecule has 0 saturated heterocycles. The summed E-state index contributed by atoms with van der Waals surface area (Å²) in [6, 6.07) is 4.65. The smallest absolute Gasteiger partial charge is 0.336 e. The van der Waals surface area contributed by atoms with E-state index in [0.29, 0.717) is 5.58 Å². The second-order valence-electron chi connectivity index (χ2n) is 4.21. The quantitative estimate of drug-likeness (QED) is 0.811. The van der Waals surface area contributed by atoms with Crippen LogP contribution in [0.15, 0.2) is 27.4 Å². The Kier molecular flexibility index (Phi) is 2.79. The highest BCUT2D eigenvalue weighted by atomic mass is 16.5. The molecule has 0 radical (unpaired) electrons. The average molecular weight is 234 g/mol. The maximum absolute atomic E-state index is 11.3. The molecule has 2 rings (SSSR count). The molecule has 1 N–H and O–H groups in total. The van der Waals surface area contributed by atoms with Gasteiger partial charge in [0.25, 0.3) is 0 Å². The molecule has 90 valence electrons. The molecule has 1 aromatic carbocycles. The molecule has 4 heteroatoms. The fourth-order valence-corrected chi connectivity index (χ4v) is 1.70. The second kappa shape index (κ2) is 4.13. The average Bonchev–Trinajstić information content (AvgIpc) is 2.21. The predicted molar refractivity (Wildman–Crippen MR) is 64.6 cm³/mol. The molecule has 0 saturated carbocycles. The van der Waals surface area contributed by atoms with E-state index in [1.807, 2.05) is 20.8 Å². The lowest BCUT2D eigenvalue weighted by Crippen LogP contribution is -2.07. The van der Waals surface area contributed by atoms with E-state index in [4.69, 9.17) is 9.15 Å². The van der Waals surface area contributed by atoms with E-state index in [1.165, 1.54) is 12.1 Å². The monoisotopic (exact) mass is 234 g/mol. The van der Waals surface area contributed by atoms with Crippen molar-refractivity contribution in [1.29, 1.82) is 0 Å². The highest BCUT2D eigenvalue weighted by molar-refractivity contribution is 5.87. The van der Waals surface area contributed by atoms with Gasteiger partial charge in [-0.2, -0.15) is 0 Å². The van der Waals surface area contributed by atoms with Crippen LogP contribution in [0.5, 0.6) is 11.5 Å². The van der Waals surface area contributed by atoms with E-state index < -0.39 is 5.63 Å². The number of phenols is 1. The van der Waals surface area contributed by atoms with Gasteiger partial charge in [-0.05, 0) is 38.5 Å². The predicted octanol–water partition coefficient (Wildman–Crippen LogP) is 2.59. The topological polar surface area (TPSA) is 59.7 Å². The highest BCUT2D eigenvalue weighted by Gasteiger charge is 2.14. The minimum Gasteiger partial charge on any atom is -0.504 e. The first-order valence-electron chi connectivity index (χ1n) is 5.42. The lowest BCUT2D eigenvalue weighted by Gasteiger charge is -2.13. The van der Waals surface area contributed by atoms with E-state index in [2.05, 4.69) is 0 Å². The van der Waals surface area contributed by atoms with Crippen LogP contribution in [0.1, 0.15) is 19.4 Å². The van der Waals surface area contributed by atoms with Crippen LogP contribution in [0.3, 0.4) is 0 Å². The van der Waals surface area contributed by atoms with Crippen LogP contribution in [0.2, 0.25) is 0 Å². The summed E-state index contributed by atoms with van der Waals surface area (Å²) < 4.78 is 10.6. The lowest BCUT2D eigenvalue weighted by atomic mass is 10.1. The van der Waals surface area contributed by atoms with Gasteiger partial charge in [-0.25, -0.2) is 4.79 Å². The third kappa shape index (κ3) is 2.11. The molecule has 0 amide bonds. The molecule has 0 aliphatic rings. The third-order valence-corrected chi connectivity index (χ3v) is 2.41. The molecule has 0 bridgehead atoms. The van der Waals surface area contributed by atoms with E-state index >= 15 is 0 Å². The fraction of sp³-hybridized carbons (Fsp3) is 0.308. The maximum Gasteiger partial charge on any atom is 0.336 e. The summed E-state index contributed by atoms with van der Waals surface area (Å²) in [5.74, 6) is 0.193. The number of hydrogen-bond donors (Lipinski definition) is 1. The standard InChI is InChI=1S/C13H14O4/c1-7(2)16-13-10(14)5-4-9-8(3)6-11(15)17-12(9)13/h4-7,14H,1-3H3. The van der Waals surface area contributed by atoms with Gasteiger partial charge >= 0.3 is 5.63 Å². The molecular formula is C13H14O4. The molecular weight excluding hydrogens is 220 g/mol. The van der Waals surface area contributed by atoms with Crippen molar-refractivity contribution >= 4 is 11.0 Å². The molecule has 0 unspecified atom stereocenters. The summed E-state index contributed by atoms with van der Waals surface area (Å²) in [6.45, 7) is 5.49. The number of benzene rings is 1. The molecule has 1 heterocycles. The van der Waals surface area contributed by atoms with Gasteiger partial charge in [0.1, 0.15) is 0 Å². The summed E-state index contributed by atoms with van der Waals surface area (Å²) in [5, 5.41) is 10.5. The zero-order valence-electron chi connectivity index (χ0n) is 9.98. The Hall–Kier alpha value is -1.97. The van der Waals surface area contributed by atoms with Crippen LogP contribution >= 0.6 is 0 Å². The van der Waals surface area contributed by atoms with Crippen molar-refractivity contribution in [3.63, 3.8) is 0 Å². The number of ether oxygens (including phenoxy) is 1. The molecule has 2 aromatic rings. The number of rotatable bonds is 2. The van der Waals surface area contributed by atoms with Crippen LogP contribution in [-0.4, -0.2) is 11.2 Å². The van der Waals surface area contributed by atoms with Gasteiger partial charge in [0, 0.05) is 11.5 Å². The highest BCUT2D eigenvalue weighted by Crippen LogP contribution is 2.35. The number of aryl methyl sites for hydroxylation is 1. The Morgan fingerprint density at radius 2 is 2.06 bits per heavy atom. The molecule has 0 aliphatic carbocycles. The number of aromatic hydroxyl groups is 1. The molecule has 4 nitrogen and oxygen atoms in total. The minimum absolute atomic E-state index is 0.0278. The molecule has 0 spiro atoms. The fourth-order valence-electron chi connectivity index (χ4n) is 1.70. The van der Waals surface area contributed by atoms with Crippen LogP contribution in [-0.2, 0) is 0 Å². The third-order valence-electron chi connectivity index (χ3n) is 2.41. The van der Waals surface area contributed by atoms with Crippen molar-refractivity contribution in [2.75, 3.05) is 0 Å². The zero-order valence-corrected chi connectivity index (χ0v) is 9.98. The molecule has 1 aromatic heterocycles. The van der Waals surface area contributed by atoms with Gasteiger partial charge in [-0.15, -0.1) is 0 Å². The van der Waals surface area contributed by atoms with Gasteiger partial charge in [-0.1, -0.05) is 0 Å². The van der Waals surface area contributed by atoms with E-state index in [9.17, 15) is 9.90 Å². The van der Waals surface area contributed by atoms with Crippen LogP contribution in [0.4, 0.5) is 0 Å². The summed E-state index contributed by atoms with van der Waals surface area (Å²) in [7, 11) is 0. The Morgan fingerprint density at radius 1 is 1.35 bits per heavy atom.